The van der Waals surface area contributed by atoms with Gasteiger partial charge in [0.2, 0.25) is 0 Å². The van der Waals surface area contributed by atoms with E-state index in [-0.39, 0.29) is 6.54 Å². The van der Waals surface area contributed by atoms with E-state index < -0.39 is 22.0 Å². The zero-order chi connectivity index (χ0) is 15.4. The maximum atomic E-state index is 10.8. The van der Waals surface area contributed by atoms with E-state index in [0.717, 1.165) is 11.1 Å². The number of likely N-dealkylation sites (N-methyl/N-ethyl adjacent to an activating group) is 1. The minimum atomic E-state index is -4.16. The van der Waals surface area contributed by atoms with Crippen LogP contribution in [-0.2, 0) is 16.7 Å². The summed E-state index contributed by atoms with van der Waals surface area (Å²) in [4.78, 5) is 0. The molecule has 0 radical (unpaired) electrons. The molecule has 1 rings (SSSR count). The van der Waals surface area contributed by atoms with Crippen LogP contribution in [0.15, 0.2) is 30.8 Å². The highest BCUT2D eigenvalue weighted by atomic mass is 32.2. The van der Waals surface area contributed by atoms with Gasteiger partial charge in [-0.25, -0.2) is 0 Å². The maximum Gasteiger partial charge on any atom is 0.267 e. The molecule has 2 N–H and O–H groups in total. The summed E-state index contributed by atoms with van der Waals surface area (Å²) in [7, 11) is -0.366. The van der Waals surface area contributed by atoms with Crippen molar-refractivity contribution in [2.75, 3.05) is 26.4 Å². The number of hydrogen-bond acceptors (Lipinski definition) is 3. The van der Waals surface area contributed by atoms with E-state index in [1.165, 1.54) is 0 Å². The molecule has 0 saturated heterocycles. The van der Waals surface area contributed by atoms with Crippen molar-refractivity contribution < 1.29 is 22.6 Å². The smallest absolute Gasteiger partial charge is 0.267 e. The second-order valence-corrected chi connectivity index (χ2v) is 7.08. The van der Waals surface area contributed by atoms with Crippen LogP contribution >= 0.6 is 0 Å². The van der Waals surface area contributed by atoms with Gasteiger partial charge in [-0.1, -0.05) is 36.9 Å². The number of aliphatic hydroxyl groups excluding tert-OH is 1. The van der Waals surface area contributed by atoms with Gasteiger partial charge in [0.25, 0.3) is 10.1 Å². The third-order valence-electron chi connectivity index (χ3n) is 2.98. The average Bonchev–Trinajstić information content (AvgIpc) is 2.25. The molecule has 1 unspecified atom stereocenters. The molecule has 0 fully saturated rings. The highest BCUT2D eigenvalue weighted by Gasteiger charge is 2.25. The molecule has 6 heteroatoms. The SMILES string of the molecule is C=Cc1ccccc1C[N+](C)(C)CC(O)CS(=O)(=O)O. The molecule has 0 aliphatic carbocycles. The predicted octanol–water partition coefficient (Wildman–Crippen LogP) is 1.15. The molecule has 0 heterocycles. The van der Waals surface area contributed by atoms with Crippen LogP contribution in [0.1, 0.15) is 11.1 Å². The molecular formula is C14H22NO4S+. The Morgan fingerprint density at radius 3 is 2.50 bits per heavy atom. The first-order chi connectivity index (χ1) is 9.13. The van der Waals surface area contributed by atoms with E-state index in [0.29, 0.717) is 11.0 Å². The molecular weight excluding hydrogens is 278 g/mol. The Kier molecular flexibility index (Phi) is 5.47. The standard InChI is InChI=1S/C14H21NO4S/c1-4-12-7-5-6-8-13(12)9-15(2,3)10-14(16)11-20(17,18)19/h4-8,14,16H,1,9-11H2,2-3H3/p+1. The largest absolute Gasteiger partial charge is 0.386 e. The van der Waals surface area contributed by atoms with Crippen LogP contribution in [-0.4, -0.2) is 55.1 Å². The van der Waals surface area contributed by atoms with Crippen molar-refractivity contribution in [2.45, 2.75) is 12.6 Å². The third-order valence-corrected chi connectivity index (χ3v) is 3.79. The van der Waals surface area contributed by atoms with Crippen LogP contribution in [0.2, 0.25) is 0 Å². The van der Waals surface area contributed by atoms with Crippen molar-refractivity contribution in [3.05, 3.63) is 42.0 Å². The molecule has 5 nitrogen and oxygen atoms in total. The summed E-state index contributed by atoms with van der Waals surface area (Å²) in [6.07, 6.45) is 0.667. The predicted molar refractivity (Wildman–Crippen MR) is 79.6 cm³/mol. The van der Waals surface area contributed by atoms with Gasteiger partial charge in [0.05, 0.1) is 14.1 Å². The van der Waals surface area contributed by atoms with Crippen molar-refractivity contribution in [1.29, 1.82) is 0 Å². The van der Waals surface area contributed by atoms with E-state index in [1.54, 1.807) is 6.08 Å². The fraction of sp³-hybridized carbons (Fsp3) is 0.429. The minimum Gasteiger partial charge on any atom is -0.386 e. The summed E-state index contributed by atoms with van der Waals surface area (Å²) < 4.78 is 30.7. The molecule has 20 heavy (non-hydrogen) atoms. The van der Waals surface area contributed by atoms with Crippen molar-refractivity contribution in [1.82, 2.24) is 0 Å². The molecule has 1 aromatic rings. The summed E-state index contributed by atoms with van der Waals surface area (Å²) in [6.45, 7) is 4.62. The zero-order valence-electron chi connectivity index (χ0n) is 11.9. The molecule has 0 amide bonds. The Bertz CT molecular complexity index is 566. The molecule has 0 aliphatic rings. The molecule has 0 spiro atoms. The lowest BCUT2D eigenvalue weighted by Gasteiger charge is -2.32. The van der Waals surface area contributed by atoms with Crippen molar-refractivity contribution in [3.8, 4) is 0 Å². The fourth-order valence-corrected chi connectivity index (χ4v) is 2.86. The Morgan fingerprint density at radius 1 is 1.35 bits per heavy atom. The molecule has 0 bridgehead atoms. The van der Waals surface area contributed by atoms with Crippen LogP contribution in [0.25, 0.3) is 6.08 Å². The summed E-state index contributed by atoms with van der Waals surface area (Å²) in [5.41, 5.74) is 2.09. The normalized spacial score (nSPS) is 14.0. The monoisotopic (exact) mass is 300 g/mol. The lowest BCUT2D eigenvalue weighted by atomic mass is 10.1. The maximum absolute atomic E-state index is 10.8. The van der Waals surface area contributed by atoms with Gasteiger partial charge in [0.15, 0.2) is 0 Å². The zero-order valence-corrected chi connectivity index (χ0v) is 12.7. The van der Waals surface area contributed by atoms with Gasteiger partial charge < -0.3 is 9.59 Å². The van der Waals surface area contributed by atoms with Gasteiger partial charge in [-0.3, -0.25) is 4.55 Å². The van der Waals surface area contributed by atoms with Gasteiger partial charge >= 0.3 is 0 Å². The second kappa shape index (κ2) is 6.49. The van der Waals surface area contributed by atoms with Crippen molar-refractivity contribution in [2.24, 2.45) is 0 Å². The van der Waals surface area contributed by atoms with Gasteiger partial charge in [0.1, 0.15) is 24.9 Å². The van der Waals surface area contributed by atoms with E-state index in [1.807, 2.05) is 38.4 Å². The molecule has 0 aliphatic heterocycles. The lowest BCUT2D eigenvalue weighted by molar-refractivity contribution is -0.906. The van der Waals surface area contributed by atoms with Gasteiger partial charge in [-0.05, 0) is 5.56 Å². The Morgan fingerprint density at radius 2 is 1.95 bits per heavy atom. The highest BCUT2D eigenvalue weighted by molar-refractivity contribution is 7.85. The topological polar surface area (TPSA) is 74.6 Å². The number of nitrogens with zero attached hydrogens (tertiary/aromatic N) is 1. The number of aliphatic hydroxyl groups is 1. The quantitative estimate of drug-likeness (QED) is 0.585. The Hall–Kier alpha value is -1.21. The third kappa shape index (κ3) is 5.83. The Labute approximate surface area is 120 Å². The summed E-state index contributed by atoms with van der Waals surface area (Å²) in [5, 5.41) is 9.75. The molecule has 0 saturated carbocycles. The summed E-state index contributed by atoms with van der Waals surface area (Å²) in [5.74, 6) is -0.641. The second-order valence-electron chi connectivity index (χ2n) is 5.58. The van der Waals surface area contributed by atoms with Crippen LogP contribution < -0.4 is 0 Å². The first kappa shape index (κ1) is 16.8. The summed E-state index contributed by atoms with van der Waals surface area (Å²) in [6, 6.07) is 7.79. The van der Waals surface area contributed by atoms with E-state index in [4.69, 9.17) is 4.55 Å². The minimum absolute atomic E-state index is 0.227. The fourth-order valence-electron chi connectivity index (χ4n) is 2.27. The van der Waals surface area contributed by atoms with Crippen LogP contribution in [0.4, 0.5) is 0 Å². The van der Waals surface area contributed by atoms with Crippen LogP contribution in [0, 0.1) is 0 Å². The van der Waals surface area contributed by atoms with Gasteiger partial charge in [-0.15, -0.1) is 0 Å². The van der Waals surface area contributed by atoms with E-state index in [9.17, 15) is 13.5 Å². The van der Waals surface area contributed by atoms with Crippen LogP contribution in [0.3, 0.4) is 0 Å². The molecule has 1 atom stereocenters. The van der Waals surface area contributed by atoms with Crippen molar-refractivity contribution >= 4 is 16.2 Å². The van der Waals surface area contributed by atoms with Crippen LogP contribution in [0.5, 0.6) is 0 Å². The number of hydrogen-bond donors (Lipinski definition) is 2. The molecule has 112 valence electrons. The van der Waals surface area contributed by atoms with E-state index in [2.05, 4.69) is 6.58 Å². The molecule has 0 aromatic heterocycles. The lowest BCUT2D eigenvalue weighted by Crippen LogP contribution is -2.46. The average molecular weight is 300 g/mol. The van der Waals surface area contributed by atoms with Gasteiger partial charge in [-0.2, -0.15) is 8.42 Å². The van der Waals surface area contributed by atoms with Gasteiger partial charge in [0, 0.05) is 5.56 Å². The summed E-state index contributed by atoms with van der Waals surface area (Å²) >= 11 is 0. The van der Waals surface area contributed by atoms with Crippen molar-refractivity contribution in [3.63, 3.8) is 0 Å². The first-order valence-electron chi connectivity index (χ1n) is 6.28. The number of quaternary nitrogens is 1. The van der Waals surface area contributed by atoms with E-state index >= 15 is 0 Å². The number of benzene rings is 1. The highest BCUT2D eigenvalue weighted by Crippen LogP contribution is 2.16. The number of rotatable bonds is 7. The molecule has 1 aromatic carbocycles. The Balaban J connectivity index is 2.76. The first-order valence-corrected chi connectivity index (χ1v) is 7.89.